The van der Waals surface area contributed by atoms with E-state index in [1.807, 2.05) is 29.6 Å². The molecule has 1 aromatic carbocycles. The summed E-state index contributed by atoms with van der Waals surface area (Å²) in [7, 11) is 0. The van der Waals surface area contributed by atoms with Crippen LogP contribution >= 0.6 is 39.5 Å². The van der Waals surface area contributed by atoms with Crippen LogP contribution in [0, 0.1) is 4.77 Å². The molecule has 0 aliphatic heterocycles. The average Bonchev–Trinajstić information content (AvgIpc) is 2.88. The van der Waals surface area contributed by atoms with Gasteiger partial charge in [-0.2, -0.15) is 0 Å². The monoisotopic (exact) mass is 378 g/mol. The van der Waals surface area contributed by atoms with Crippen molar-refractivity contribution in [1.82, 2.24) is 9.55 Å². The standard InChI is InChI=1S/C15H11BrN2OS2/c1-2-7-18-14(19)12-11(8-21-13(12)17-15(18)20)9-3-5-10(16)6-4-9/h2-6,8H,1,7H2,(H,17,20). The number of fused-ring (bicyclic) bond motifs is 1. The first-order valence-corrected chi connectivity index (χ1v) is 8.31. The zero-order chi connectivity index (χ0) is 15.0. The van der Waals surface area contributed by atoms with Gasteiger partial charge in [0.25, 0.3) is 5.56 Å². The molecule has 0 saturated carbocycles. The van der Waals surface area contributed by atoms with E-state index >= 15 is 0 Å². The first-order chi connectivity index (χ1) is 10.1. The highest BCUT2D eigenvalue weighted by Gasteiger charge is 2.13. The predicted octanol–water partition coefficient (Wildman–Crippen LogP) is 4.74. The van der Waals surface area contributed by atoms with Crippen molar-refractivity contribution in [1.29, 1.82) is 0 Å². The van der Waals surface area contributed by atoms with Crippen LogP contribution in [0.25, 0.3) is 21.3 Å². The zero-order valence-electron chi connectivity index (χ0n) is 10.9. The van der Waals surface area contributed by atoms with Gasteiger partial charge in [-0.25, -0.2) is 0 Å². The van der Waals surface area contributed by atoms with Gasteiger partial charge in [-0.1, -0.05) is 34.1 Å². The molecule has 0 bridgehead atoms. The average molecular weight is 379 g/mol. The summed E-state index contributed by atoms with van der Waals surface area (Å²) in [5.74, 6) is 0. The molecule has 0 fully saturated rings. The number of aromatic nitrogens is 2. The van der Waals surface area contributed by atoms with Crippen LogP contribution in [-0.4, -0.2) is 9.55 Å². The fraction of sp³-hybridized carbons (Fsp3) is 0.0667. The molecule has 0 unspecified atom stereocenters. The molecule has 6 heteroatoms. The summed E-state index contributed by atoms with van der Waals surface area (Å²) in [5, 5.41) is 2.66. The molecular formula is C15H11BrN2OS2. The van der Waals surface area contributed by atoms with Gasteiger partial charge >= 0.3 is 0 Å². The van der Waals surface area contributed by atoms with Crippen LogP contribution in [0.4, 0.5) is 0 Å². The maximum atomic E-state index is 12.7. The molecule has 3 rings (SSSR count). The van der Waals surface area contributed by atoms with E-state index in [0.29, 0.717) is 16.7 Å². The molecule has 0 aliphatic rings. The van der Waals surface area contributed by atoms with Gasteiger partial charge in [-0.3, -0.25) is 9.36 Å². The number of benzene rings is 1. The topological polar surface area (TPSA) is 37.8 Å². The van der Waals surface area contributed by atoms with Gasteiger partial charge < -0.3 is 4.98 Å². The molecule has 106 valence electrons. The van der Waals surface area contributed by atoms with Crippen LogP contribution in [0.5, 0.6) is 0 Å². The van der Waals surface area contributed by atoms with E-state index < -0.39 is 0 Å². The van der Waals surface area contributed by atoms with Crippen molar-refractivity contribution < 1.29 is 0 Å². The molecule has 0 saturated heterocycles. The van der Waals surface area contributed by atoms with Crippen LogP contribution in [-0.2, 0) is 6.54 Å². The lowest BCUT2D eigenvalue weighted by atomic mass is 10.1. The molecule has 0 spiro atoms. The van der Waals surface area contributed by atoms with E-state index in [2.05, 4.69) is 27.5 Å². The van der Waals surface area contributed by atoms with Crippen molar-refractivity contribution in [3.63, 3.8) is 0 Å². The van der Waals surface area contributed by atoms with Gasteiger partial charge in [0.15, 0.2) is 4.77 Å². The number of allylic oxidation sites excluding steroid dienone is 1. The Bertz CT molecular complexity index is 935. The highest BCUT2D eigenvalue weighted by atomic mass is 79.9. The quantitative estimate of drug-likeness (QED) is 0.528. The Morgan fingerprint density at radius 1 is 1.38 bits per heavy atom. The Morgan fingerprint density at radius 3 is 2.76 bits per heavy atom. The van der Waals surface area contributed by atoms with Gasteiger partial charge in [0.05, 0.1) is 5.39 Å². The largest absolute Gasteiger partial charge is 0.323 e. The van der Waals surface area contributed by atoms with E-state index in [1.165, 1.54) is 15.9 Å². The van der Waals surface area contributed by atoms with Crippen molar-refractivity contribution in [2.45, 2.75) is 6.54 Å². The minimum absolute atomic E-state index is 0.0761. The third kappa shape index (κ3) is 2.54. The molecule has 21 heavy (non-hydrogen) atoms. The molecule has 3 nitrogen and oxygen atoms in total. The summed E-state index contributed by atoms with van der Waals surface area (Å²) in [5.41, 5.74) is 1.86. The van der Waals surface area contributed by atoms with E-state index in [1.54, 1.807) is 6.08 Å². The van der Waals surface area contributed by atoms with Gasteiger partial charge in [0, 0.05) is 22.0 Å². The second-order valence-corrected chi connectivity index (χ2v) is 6.68. The number of thiophene rings is 1. The van der Waals surface area contributed by atoms with Crippen molar-refractivity contribution in [2.75, 3.05) is 0 Å². The lowest BCUT2D eigenvalue weighted by molar-refractivity contribution is 0.754. The summed E-state index contributed by atoms with van der Waals surface area (Å²) in [6, 6.07) is 7.91. The smallest absolute Gasteiger partial charge is 0.263 e. The second kappa shape index (κ2) is 5.71. The van der Waals surface area contributed by atoms with E-state index in [0.717, 1.165) is 20.4 Å². The lowest BCUT2D eigenvalue weighted by Crippen LogP contribution is -2.21. The number of hydrogen-bond donors (Lipinski definition) is 1. The first-order valence-electron chi connectivity index (χ1n) is 6.23. The zero-order valence-corrected chi connectivity index (χ0v) is 14.1. The maximum absolute atomic E-state index is 12.7. The van der Waals surface area contributed by atoms with Gasteiger partial charge in [-0.15, -0.1) is 17.9 Å². The summed E-state index contributed by atoms with van der Waals surface area (Å²) in [6.07, 6.45) is 1.67. The molecule has 1 N–H and O–H groups in total. The maximum Gasteiger partial charge on any atom is 0.263 e. The van der Waals surface area contributed by atoms with Crippen molar-refractivity contribution in [2.24, 2.45) is 0 Å². The number of nitrogens with one attached hydrogen (secondary N) is 1. The lowest BCUT2D eigenvalue weighted by Gasteiger charge is -2.05. The Morgan fingerprint density at radius 2 is 2.10 bits per heavy atom. The summed E-state index contributed by atoms with van der Waals surface area (Å²) < 4.78 is 2.96. The van der Waals surface area contributed by atoms with E-state index in [-0.39, 0.29) is 5.56 Å². The molecule has 0 amide bonds. The number of hydrogen-bond acceptors (Lipinski definition) is 3. The van der Waals surface area contributed by atoms with Crippen LogP contribution < -0.4 is 5.56 Å². The fourth-order valence-corrected chi connectivity index (χ4v) is 3.74. The Balaban J connectivity index is 2.33. The van der Waals surface area contributed by atoms with Crippen LogP contribution in [0.15, 0.2) is 51.6 Å². The highest BCUT2D eigenvalue weighted by Crippen LogP contribution is 2.31. The van der Waals surface area contributed by atoms with Gasteiger partial charge in [0.2, 0.25) is 0 Å². The number of halogens is 1. The van der Waals surface area contributed by atoms with E-state index in [9.17, 15) is 4.79 Å². The predicted molar refractivity (Wildman–Crippen MR) is 94.6 cm³/mol. The number of aromatic amines is 1. The van der Waals surface area contributed by atoms with E-state index in [4.69, 9.17) is 12.2 Å². The molecule has 3 aromatic rings. The normalized spacial score (nSPS) is 10.9. The summed E-state index contributed by atoms with van der Waals surface area (Å²) in [6.45, 7) is 4.08. The Hall–Kier alpha value is -1.50. The number of nitrogens with zero attached hydrogens (tertiary/aromatic N) is 1. The minimum atomic E-state index is -0.0761. The molecule has 2 aromatic heterocycles. The minimum Gasteiger partial charge on any atom is -0.323 e. The number of rotatable bonds is 3. The van der Waals surface area contributed by atoms with Gasteiger partial charge in [0.1, 0.15) is 4.83 Å². The Labute approximate surface area is 138 Å². The van der Waals surface area contributed by atoms with Crippen molar-refractivity contribution in [3.8, 4) is 11.1 Å². The number of H-pyrrole nitrogens is 1. The van der Waals surface area contributed by atoms with Crippen LogP contribution in [0.3, 0.4) is 0 Å². The third-order valence-electron chi connectivity index (χ3n) is 3.18. The highest BCUT2D eigenvalue weighted by molar-refractivity contribution is 9.10. The SMILES string of the molecule is C=CCn1c(=S)[nH]c2scc(-c3ccc(Br)cc3)c2c1=O. The summed E-state index contributed by atoms with van der Waals surface area (Å²) in [4.78, 5) is 16.6. The molecule has 2 heterocycles. The Kier molecular flexibility index (Phi) is 3.93. The molecule has 0 aliphatic carbocycles. The third-order valence-corrected chi connectivity index (χ3v) is 4.93. The van der Waals surface area contributed by atoms with Crippen molar-refractivity contribution in [3.05, 3.63) is 61.9 Å². The first kappa shape index (κ1) is 14.4. The van der Waals surface area contributed by atoms with Crippen LogP contribution in [0.1, 0.15) is 0 Å². The second-order valence-electron chi connectivity index (χ2n) is 4.49. The van der Waals surface area contributed by atoms with Crippen LogP contribution in [0.2, 0.25) is 0 Å². The molecule has 0 radical (unpaired) electrons. The fourth-order valence-electron chi connectivity index (χ4n) is 2.19. The molecule has 0 atom stereocenters. The van der Waals surface area contributed by atoms with Crippen molar-refractivity contribution >= 4 is 49.7 Å². The van der Waals surface area contributed by atoms with Gasteiger partial charge in [-0.05, 0) is 29.9 Å². The molecular weight excluding hydrogens is 368 g/mol. The summed E-state index contributed by atoms with van der Waals surface area (Å²) >= 11 is 10.2.